The Balaban J connectivity index is 1.70. The van der Waals surface area contributed by atoms with Gasteiger partial charge in [-0.05, 0) is 55.7 Å². The van der Waals surface area contributed by atoms with Crippen LogP contribution >= 0.6 is 0 Å². The number of carbonyl (C=O) groups excluding carboxylic acids is 2. The molecule has 2 amide bonds. The van der Waals surface area contributed by atoms with E-state index in [1.165, 1.54) is 0 Å². The molecule has 1 aliphatic rings. The predicted octanol–water partition coefficient (Wildman–Crippen LogP) is 7.17. The number of fused-ring (bicyclic) bond motifs is 1. The molecule has 4 nitrogen and oxygen atoms in total. The third-order valence-corrected chi connectivity index (χ3v) is 6.66. The summed E-state index contributed by atoms with van der Waals surface area (Å²) in [5.41, 5.74) is 3.50. The van der Waals surface area contributed by atoms with E-state index in [-0.39, 0.29) is 23.9 Å². The monoisotopic (exact) mass is 454 g/mol. The fraction of sp³-hybridized carbons (Fsp3) is 0.333. The number of unbranched alkanes of at least 4 members (excludes halogenated alkanes) is 3. The van der Waals surface area contributed by atoms with Crippen LogP contribution in [0.3, 0.4) is 0 Å². The predicted molar refractivity (Wildman–Crippen MR) is 139 cm³/mol. The highest BCUT2D eigenvalue weighted by atomic mass is 16.2. The molecular formula is C30H34N2O2. The van der Waals surface area contributed by atoms with Crippen LogP contribution in [0.1, 0.15) is 74.3 Å². The second kappa shape index (κ2) is 11.1. The van der Waals surface area contributed by atoms with Crippen molar-refractivity contribution >= 4 is 23.2 Å². The molecule has 0 N–H and O–H groups in total. The number of hydrogen-bond acceptors (Lipinski definition) is 2. The first-order valence-electron chi connectivity index (χ1n) is 12.5. The molecule has 0 saturated heterocycles. The van der Waals surface area contributed by atoms with E-state index in [0.29, 0.717) is 18.4 Å². The van der Waals surface area contributed by atoms with Crippen molar-refractivity contribution in [1.82, 2.24) is 0 Å². The molecule has 0 fully saturated rings. The Hall–Kier alpha value is -3.40. The van der Waals surface area contributed by atoms with Crippen molar-refractivity contribution in [2.24, 2.45) is 0 Å². The number of amides is 2. The molecule has 0 aliphatic carbocycles. The molecule has 4 rings (SSSR count). The topological polar surface area (TPSA) is 40.6 Å². The Kier molecular flexibility index (Phi) is 7.79. The zero-order chi connectivity index (χ0) is 23.9. The van der Waals surface area contributed by atoms with Gasteiger partial charge in [-0.2, -0.15) is 0 Å². The van der Waals surface area contributed by atoms with Gasteiger partial charge < -0.3 is 9.80 Å². The van der Waals surface area contributed by atoms with Crippen LogP contribution in [-0.4, -0.2) is 17.9 Å². The van der Waals surface area contributed by atoms with Crippen LogP contribution in [0.2, 0.25) is 0 Å². The lowest BCUT2D eigenvalue weighted by Crippen LogP contribution is -2.47. The Labute approximate surface area is 203 Å². The van der Waals surface area contributed by atoms with Crippen molar-refractivity contribution in [2.75, 3.05) is 9.80 Å². The summed E-state index contributed by atoms with van der Waals surface area (Å²) in [6.45, 7) is 4.26. The van der Waals surface area contributed by atoms with Crippen LogP contribution in [0.15, 0.2) is 84.9 Å². The SMILES string of the molecule is CCCCCCC(=O)N(c1ccccc1)[C@H]1C[C@H](C)N(C(=O)c2ccccc2)c2ccccc21. The summed E-state index contributed by atoms with van der Waals surface area (Å²) < 4.78 is 0. The minimum atomic E-state index is -0.118. The number of nitrogens with zero attached hydrogens (tertiary/aromatic N) is 2. The summed E-state index contributed by atoms with van der Waals surface area (Å²) in [7, 11) is 0. The molecule has 1 heterocycles. The van der Waals surface area contributed by atoms with Crippen molar-refractivity contribution in [3.05, 3.63) is 96.1 Å². The second-order valence-electron chi connectivity index (χ2n) is 9.11. The molecule has 3 aromatic rings. The van der Waals surface area contributed by atoms with Crippen LogP contribution in [0, 0.1) is 0 Å². The highest BCUT2D eigenvalue weighted by molar-refractivity contribution is 6.07. The van der Waals surface area contributed by atoms with E-state index in [4.69, 9.17) is 0 Å². The van der Waals surface area contributed by atoms with E-state index in [2.05, 4.69) is 19.9 Å². The van der Waals surface area contributed by atoms with Gasteiger partial charge in [0.05, 0.1) is 6.04 Å². The molecule has 3 aromatic carbocycles. The second-order valence-corrected chi connectivity index (χ2v) is 9.11. The lowest BCUT2D eigenvalue weighted by Gasteiger charge is -2.43. The minimum Gasteiger partial charge on any atom is -0.305 e. The van der Waals surface area contributed by atoms with Gasteiger partial charge in [-0.25, -0.2) is 0 Å². The minimum absolute atomic E-state index is 0.00356. The molecule has 2 atom stereocenters. The molecular weight excluding hydrogens is 420 g/mol. The number of rotatable bonds is 8. The Morgan fingerprint density at radius 3 is 2.21 bits per heavy atom. The maximum atomic E-state index is 13.6. The molecule has 1 aliphatic heterocycles. The highest BCUT2D eigenvalue weighted by Crippen LogP contribution is 2.43. The van der Waals surface area contributed by atoms with E-state index >= 15 is 0 Å². The zero-order valence-corrected chi connectivity index (χ0v) is 20.2. The van der Waals surface area contributed by atoms with Gasteiger partial charge in [0.15, 0.2) is 0 Å². The first-order valence-corrected chi connectivity index (χ1v) is 12.5. The van der Waals surface area contributed by atoms with Crippen LogP contribution in [0.25, 0.3) is 0 Å². The molecule has 34 heavy (non-hydrogen) atoms. The molecule has 0 saturated carbocycles. The van der Waals surface area contributed by atoms with Crippen molar-refractivity contribution < 1.29 is 9.59 Å². The molecule has 4 heteroatoms. The third kappa shape index (κ3) is 5.06. The number of hydrogen-bond donors (Lipinski definition) is 0. The smallest absolute Gasteiger partial charge is 0.258 e. The van der Waals surface area contributed by atoms with Gasteiger partial charge in [0, 0.05) is 29.4 Å². The van der Waals surface area contributed by atoms with E-state index in [1.807, 2.05) is 88.7 Å². The summed E-state index contributed by atoms with van der Waals surface area (Å²) in [5, 5.41) is 0. The summed E-state index contributed by atoms with van der Waals surface area (Å²) in [6.07, 6.45) is 5.49. The van der Waals surface area contributed by atoms with Crippen molar-refractivity contribution in [3.63, 3.8) is 0 Å². The maximum absolute atomic E-state index is 13.6. The first-order chi connectivity index (χ1) is 16.6. The fourth-order valence-corrected chi connectivity index (χ4v) is 4.97. The lowest BCUT2D eigenvalue weighted by atomic mass is 9.89. The average Bonchev–Trinajstić information content (AvgIpc) is 2.88. The first kappa shape index (κ1) is 23.7. The largest absolute Gasteiger partial charge is 0.305 e. The molecule has 0 radical (unpaired) electrons. The normalized spacial score (nSPS) is 17.2. The molecule has 0 unspecified atom stereocenters. The average molecular weight is 455 g/mol. The van der Waals surface area contributed by atoms with Gasteiger partial charge in [-0.3, -0.25) is 9.59 Å². The molecule has 176 valence electrons. The molecule has 0 bridgehead atoms. The number of para-hydroxylation sites is 2. The van der Waals surface area contributed by atoms with Gasteiger partial charge >= 0.3 is 0 Å². The summed E-state index contributed by atoms with van der Waals surface area (Å²) in [4.78, 5) is 31.0. The fourth-order valence-electron chi connectivity index (χ4n) is 4.97. The van der Waals surface area contributed by atoms with E-state index in [9.17, 15) is 9.59 Å². The molecule has 0 aromatic heterocycles. The van der Waals surface area contributed by atoms with Gasteiger partial charge in [-0.1, -0.05) is 80.8 Å². The van der Waals surface area contributed by atoms with E-state index in [0.717, 1.165) is 42.6 Å². The number of anilines is 2. The standard InChI is InChI=1S/C30H34N2O2/c1-3-4-5-12-21-29(33)32(25-17-10-7-11-18-25)28-22-23(2)31(27-20-14-13-19-26(27)28)30(34)24-15-8-6-9-16-24/h6-11,13-20,23,28H,3-5,12,21-22H2,1-2H3/t23-,28-/m0/s1. The van der Waals surface area contributed by atoms with Crippen molar-refractivity contribution in [1.29, 1.82) is 0 Å². The van der Waals surface area contributed by atoms with Gasteiger partial charge in [-0.15, -0.1) is 0 Å². The van der Waals surface area contributed by atoms with Gasteiger partial charge in [0.1, 0.15) is 0 Å². The number of benzene rings is 3. The van der Waals surface area contributed by atoms with Gasteiger partial charge in [0.2, 0.25) is 5.91 Å². The number of carbonyl (C=O) groups is 2. The lowest BCUT2D eigenvalue weighted by molar-refractivity contribution is -0.119. The van der Waals surface area contributed by atoms with E-state index in [1.54, 1.807) is 0 Å². The van der Waals surface area contributed by atoms with Gasteiger partial charge in [0.25, 0.3) is 5.91 Å². The Bertz CT molecular complexity index is 1100. The summed E-state index contributed by atoms with van der Waals surface area (Å²) in [6, 6.07) is 27.3. The summed E-state index contributed by atoms with van der Waals surface area (Å²) in [5.74, 6) is 0.147. The van der Waals surface area contributed by atoms with Crippen LogP contribution < -0.4 is 9.80 Å². The highest BCUT2D eigenvalue weighted by Gasteiger charge is 2.38. The van der Waals surface area contributed by atoms with Crippen LogP contribution in [-0.2, 0) is 4.79 Å². The van der Waals surface area contributed by atoms with Crippen molar-refractivity contribution in [3.8, 4) is 0 Å². The maximum Gasteiger partial charge on any atom is 0.258 e. The Morgan fingerprint density at radius 1 is 0.853 bits per heavy atom. The molecule has 0 spiro atoms. The quantitative estimate of drug-likeness (QED) is 0.339. The van der Waals surface area contributed by atoms with Crippen LogP contribution in [0.4, 0.5) is 11.4 Å². The van der Waals surface area contributed by atoms with E-state index < -0.39 is 0 Å². The van der Waals surface area contributed by atoms with Crippen LogP contribution in [0.5, 0.6) is 0 Å². The Morgan fingerprint density at radius 2 is 1.50 bits per heavy atom. The summed E-state index contributed by atoms with van der Waals surface area (Å²) >= 11 is 0. The zero-order valence-electron chi connectivity index (χ0n) is 20.2. The van der Waals surface area contributed by atoms with Crippen molar-refractivity contribution in [2.45, 2.75) is 64.5 Å². The third-order valence-electron chi connectivity index (χ3n) is 6.66.